The first-order valence-corrected chi connectivity index (χ1v) is 7.96. The molecule has 2 aromatic rings. The highest BCUT2D eigenvalue weighted by molar-refractivity contribution is 5.56. The predicted octanol–water partition coefficient (Wildman–Crippen LogP) is 3.63. The summed E-state index contributed by atoms with van der Waals surface area (Å²) in [5, 5.41) is 7.60. The number of hydrogen-bond acceptors (Lipinski definition) is 4. The molecule has 0 amide bonds. The van der Waals surface area contributed by atoms with Crippen molar-refractivity contribution in [3.63, 3.8) is 0 Å². The highest BCUT2D eigenvalue weighted by atomic mass is 16.5. The highest BCUT2D eigenvalue weighted by Crippen LogP contribution is 2.35. The maximum atomic E-state index is 5.52. The average molecular weight is 283 g/mol. The van der Waals surface area contributed by atoms with Crippen molar-refractivity contribution in [3.05, 3.63) is 35.2 Å². The summed E-state index contributed by atoms with van der Waals surface area (Å²) in [5.74, 6) is 2.81. The molecule has 0 saturated heterocycles. The topological polar surface area (TPSA) is 51.0 Å². The summed E-state index contributed by atoms with van der Waals surface area (Å²) in [7, 11) is 0. The van der Waals surface area contributed by atoms with Crippen LogP contribution >= 0.6 is 0 Å². The van der Waals surface area contributed by atoms with Gasteiger partial charge < -0.3 is 9.84 Å². The second-order valence-electron chi connectivity index (χ2n) is 6.51. The van der Waals surface area contributed by atoms with Gasteiger partial charge in [-0.05, 0) is 42.0 Å². The summed E-state index contributed by atoms with van der Waals surface area (Å²) in [5.41, 5.74) is 3.76. The molecule has 2 unspecified atom stereocenters. The normalized spacial score (nSPS) is 25.0. The van der Waals surface area contributed by atoms with Gasteiger partial charge in [0, 0.05) is 24.6 Å². The number of fused-ring (bicyclic) bond motifs is 1. The number of hydrogen-bond donors (Lipinski definition) is 1. The van der Waals surface area contributed by atoms with E-state index >= 15 is 0 Å². The monoisotopic (exact) mass is 283 g/mol. The first-order chi connectivity index (χ1) is 10.3. The number of nitrogens with zero attached hydrogens (tertiary/aromatic N) is 2. The van der Waals surface area contributed by atoms with Gasteiger partial charge in [-0.1, -0.05) is 31.0 Å². The third kappa shape index (κ3) is 2.48. The maximum Gasteiger partial charge on any atom is 0.257 e. The Morgan fingerprint density at radius 3 is 3.00 bits per heavy atom. The molecule has 4 nitrogen and oxygen atoms in total. The van der Waals surface area contributed by atoms with Crippen molar-refractivity contribution in [3.8, 4) is 11.5 Å². The van der Waals surface area contributed by atoms with Crippen LogP contribution < -0.4 is 5.32 Å². The summed E-state index contributed by atoms with van der Waals surface area (Å²) in [6, 6.07) is 6.43. The third-order valence-electron chi connectivity index (χ3n) is 4.83. The third-order valence-corrected chi connectivity index (χ3v) is 4.83. The van der Waals surface area contributed by atoms with Gasteiger partial charge in [0.25, 0.3) is 5.89 Å². The molecule has 1 aromatic carbocycles. The molecule has 2 heterocycles. The Labute approximate surface area is 124 Å². The molecule has 1 aliphatic heterocycles. The first-order valence-electron chi connectivity index (χ1n) is 7.96. The van der Waals surface area contributed by atoms with E-state index in [1.807, 2.05) is 0 Å². The molecule has 2 aliphatic rings. The van der Waals surface area contributed by atoms with Crippen LogP contribution in [0.4, 0.5) is 0 Å². The summed E-state index contributed by atoms with van der Waals surface area (Å²) < 4.78 is 5.52. The first kappa shape index (κ1) is 13.0. The fourth-order valence-corrected chi connectivity index (χ4v) is 3.61. The van der Waals surface area contributed by atoms with Crippen molar-refractivity contribution in [1.29, 1.82) is 0 Å². The van der Waals surface area contributed by atoms with Crippen LogP contribution in [0.5, 0.6) is 0 Å². The van der Waals surface area contributed by atoms with Crippen LogP contribution in [-0.2, 0) is 13.1 Å². The molecule has 0 spiro atoms. The molecule has 21 heavy (non-hydrogen) atoms. The van der Waals surface area contributed by atoms with E-state index in [2.05, 4.69) is 40.6 Å². The lowest BCUT2D eigenvalue weighted by Gasteiger charge is -2.23. The Bertz CT molecular complexity index is 649. The van der Waals surface area contributed by atoms with Crippen LogP contribution in [0, 0.1) is 5.92 Å². The van der Waals surface area contributed by atoms with Crippen LogP contribution in [0.25, 0.3) is 11.5 Å². The van der Waals surface area contributed by atoms with Gasteiger partial charge in [-0.2, -0.15) is 4.98 Å². The second kappa shape index (κ2) is 5.26. The molecule has 2 atom stereocenters. The van der Waals surface area contributed by atoms with Gasteiger partial charge in [-0.15, -0.1) is 0 Å². The zero-order valence-electron chi connectivity index (χ0n) is 12.4. The molecule has 0 bridgehead atoms. The van der Waals surface area contributed by atoms with Crippen LogP contribution in [0.3, 0.4) is 0 Å². The molecule has 1 fully saturated rings. The summed E-state index contributed by atoms with van der Waals surface area (Å²) >= 11 is 0. The van der Waals surface area contributed by atoms with E-state index in [9.17, 15) is 0 Å². The Morgan fingerprint density at radius 1 is 1.19 bits per heavy atom. The molecular weight excluding hydrogens is 262 g/mol. The number of benzene rings is 1. The molecular formula is C17H21N3O. The summed E-state index contributed by atoms with van der Waals surface area (Å²) in [6.07, 6.45) is 4.99. The standard InChI is InChI=1S/C17H21N3O/c1-11-3-2-4-12(7-11)16-19-17(21-20-16)13-5-6-14-9-18-10-15(14)8-13/h5-6,8,11-12,18H,2-4,7,9-10H2,1H3. The van der Waals surface area contributed by atoms with Gasteiger partial charge in [-0.25, -0.2) is 0 Å². The Hall–Kier alpha value is -1.68. The Morgan fingerprint density at radius 2 is 2.10 bits per heavy atom. The average Bonchev–Trinajstić information content (AvgIpc) is 3.15. The largest absolute Gasteiger partial charge is 0.334 e. The molecule has 0 radical (unpaired) electrons. The molecule has 1 aliphatic carbocycles. The molecule has 1 N–H and O–H groups in total. The Kier molecular flexibility index (Phi) is 3.26. The van der Waals surface area contributed by atoms with Gasteiger partial charge in [0.05, 0.1) is 0 Å². The molecule has 110 valence electrons. The summed E-state index contributed by atoms with van der Waals surface area (Å²) in [6.45, 7) is 4.22. The lowest BCUT2D eigenvalue weighted by Crippen LogP contribution is -2.12. The minimum Gasteiger partial charge on any atom is -0.334 e. The number of nitrogens with one attached hydrogen (secondary N) is 1. The van der Waals surface area contributed by atoms with Gasteiger partial charge in [0.2, 0.25) is 0 Å². The number of aromatic nitrogens is 2. The molecule has 1 saturated carbocycles. The lowest BCUT2D eigenvalue weighted by molar-refractivity contribution is 0.324. The smallest absolute Gasteiger partial charge is 0.257 e. The minimum atomic E-state index is 0.474. The van der Waals surface area contributed by atoms with E-state index in [4.69, 9.17) is 4.52 Å². The van der Waals surface area contributed by atoms with E-state index in [-0.39, 0.29) is 0 Å². The number of rotatable bonds is 2. The lowest BCUT2D eigenvalue weighted by atomic mass is 9.82. The van der Waals surface area contributed by atoms with Crippen LogP contribution in [0.2, 0.25) is 0 Å². The maximum absolute atomic E-state index is 5.52. The predicted molar refractivity (Wildman–Crippen MR) is 80.7 cm³/mol. The van der Waals surface area contributed by atoms with E-state index in [1.165, 1.54) is 36.8 Å². The van der Waals surface area contributed by atoms with Crippen LogP contribution in [-0.4, -0.2) is 10.1 Å². The van der Waals surface area contributed by atoms with Crippen molar-refractivity contribution in [1.82, 2.24) is 15.5 Å². The molecule has 4 rings (SSSR count). The Balaban J connectivity index is 1.59. The minimum absolute atomic E-state index is 0.474. The second-order valence-corrected chi connectivity index (χ2v) is 6.51. The zero-order valence-corrected chi connectivity index (χ0v) is 12.4. The zero-order chi connectivity index (χ0) is 14.2. The fraction of sp³-hybridized carbons (Fsp3) is 0.529. The van der Waals surface area contributed by atoms with Crippen molar-refractivity contribution < 1.29 is 4.52 Å². The van der Waals surface area contributed by atoms with Gasteiger partial charge in [0.1, 0.15) is 0 Å². The van der Waals surface area contributed by atoms with Crippen LogP contribution in [0.15, 0.2) is 22.7 Å². The van der Waals surface area contributed by atoms with E-state index in [1.54, 1.807) is 0 Å². The van der Waals surface area contributed by atoms with Gasteiger partial charge in [-0.3, -0.25) is 0 Å². The molecule has 4 heteroatoms. The van der Waals surface area contributed by atoms with E-state index in [0.717, 1.165) is 30.4 Å². The van der Waals surface area contributed by atoms with Crippen molar-refractivity contribution in [2.75, 3.05) is 0 Å². The summed E-state index contributed by atoms with van der Waals surface area (Å²) in [4.78, 5) is 4.67. The quantitative estimate of drug-likeness (QED) is 0.914. The van der Waals surface area contributed by atoms with Crippen molar-refractivity contribution in [2.24, 2.45) is 5.92 Å². The van der Waals surface area contributed by atoms with Gasteiger partial charge >= 0.3 is 0 Å². The highest BCUT2D eigenvalue weighted by Gasteiger charge is 2.25. The van der Waals surface area contributed by atoms with Crippen LogP contribution in [0.1, 0.15) is 55.5 Å². The van der Waals surface area contributed by atoms with Gasteiger partial charge in [0.15, 0.2) is 5.82 Å². The SMILES string of the molecule is CC1CCCC(c2noc(-c3ccc4c(c3)CNC4)n2)C1. The van der Waals surface area contributed by atoms with E-state index < -0.39 is 0 Å². The van der Waals surface area contributed by atoms with Crippen molar-refractivity contribution >= 4 is 0 Å². The molecule has 1 aromatic heterocycles. The van der Waals surface area contributed by atoms with E-state index in [0.29, 0.717) is 11.8 Å². The fourth-order valence-electron chi connectivity index (χ4n) is 3.61. The van der Waals surface area contributed by atoms with Crippen molar-refractivity contribution in [2.45, 2.75) is 51.6 Å².